The lowest BCUT2D eigenvalue weighted by Gasteiger charge is -2.54. The minimum atomic E-state index is -0.506. The van der Waals surface area contributed by atoms with Crippen molar-refractivity contribution in [2.45, 2.75) is 83.8 Å². The second-order valence-corrected chi connectivity index (χ2v) is 13.9. The highest BCUT2D eigenvalue weighted by Crippen LogP contribution is 2.45. The van der Waals surface area contributed by atoms with Gasteiger partial charge in [0.05, 0.1) is 11.1 Å². The SMILES string of the molecule is CC(C)N(C(=O)c1cc(F)ccc1Oc1nncnc1N1CC2(CCN(CC3CCC4(CC3)CNC(=O)N4)CC2)C1)C(C)C. The Morgan fingerprint density at radius 1 is 1.11 bits per heavy atom. The number of hydrogen-bond donors (Lipinski definition) is 2. The minimum absolute atomic E-state index is 0.0225. The lowest BCUT2D eigenvalue weighted by Crippen LogP contribution is -2.61. The van der Waals surface area contributed by atoms with Crippen LogP contribution in [-0.2, 0) is 0 Å². The van der Waals surface area contributed by atoms with E-state index in [1.54, 1.807) is 4.90 Å². The molecule has 2 aromatic rings. The number of ether oxygens (including phenoxy) is 1. The molecule has 12 heteroatoms. The molecule has 2 N–H and O–H groups in total. The van der Waals surface area contributed by atoms with Crippen LogP contribution < -0.4 is 20.3 Å². The van der Waals surface area contributed by atoms with Crippen LogP contribution in [0.25, 0.3) is 0 Å². The Balaban J connectivity index is 1.06. The number of halogens is 1. The van der Waals surface area contributed by atoms with Crippen LogP contribution >= 0.6 is 0 Å². The third-order valence-electron chi connectivity index (χ3n) is 10.1. The number of urea groups is 1. The smallest absolute Gasteiger partial charge is 0.315 e. The predicted octanol–water partition coefficient (Wildman–Crippen LogP) is 4.21. The average molecular weight is 609 g/mol. The quantitative estimate of drug-likeness (QED) is 0.458. The number of aromatic nitrogens is 3. The summed E-state index contributed by atoms with van der Waals surface area (Å²) in [4.78, 5) is 36.2. The van der Waals surface area contributed by atoms with Gasteiger partial charge in [-0.05, 0) is 103 Å². The number of carbonyl (C=O) groups is 2. The van der Waals surface area contributed by atoms with Gasteiger partial charge in [0.2, 0.25) is 0 Å². The number of amides is 3. The van der Waals surface area contributed by atoms with E-state index in [0.29, 0.717) is 11.7 Å². The first kappa shape index (κ1) is 30.5. The largest absolute Gasteiger partial charge is 0.434 e. The summed E-state index contributed by atoms with van der Waals surface area (Å²) in [6, 6.07) is 3.83. The number of rotatable bonds is 8. The number of likely N-dealkylation sites (tertiary alicyclic amines) is 1. The van der Waals surface area contributed by atoms with Crippen molar-refractivity contribution in [1.82, 2.24) is 35.6 Å². The highest BCUT2D eigenvalue weighted by molar-refractivity contribution is 5.97. The third kappa shape index (κ3) is 6.18. The Morgan fingerprint density at radius 2 is 1.82 bits per heavy atom. The zero-order valence-electron chi connectivity index (χ0n) is 26.3. The molecule has 3 aliphatic heterocycles. The number of nitrogens with one attached hydrogen (secondary N) is 2. The zero-order chi connectivity index (χ0) is 31.1. The number of piperidine rings is 1. The Hall–Kier alpha value is -3.54. The Bertz CT molecular complexity index is 1360. The predicted molar refractivity (Wildman–Crippen MR) is 164 cm³/mol. The van der Waals surface area contributed by atoms with Gasteiger partial charge in [-0.3, -0.25) is 4.79 Å². The Kier molecular flexibility index (Phi) is 8.38. The van der Waals surface area contributed by atoms with Crippen molar-refractivity contribution in [3.05, 3.63) is 35.9 Å². The van der Waals surface area contributed by atoms with Crippen LogP contribution in [0, 0.1) is 17.2 Å². The van der Waals surface area contributed by atoms with E-state index in [1.165, 1.54) is 24.5 Å². The summed E-state index contributed by atoms with van der Waals surface area (Å²) in [5, 5.41) is 14.3. The summed E-state index contributed by atoms with van der Waals surface area (Å²) in [6.45, 7) is 13.5. The number of benzene rings is 1. The maximum atomic E-state index is 14.3. The summed E-state index contributed by atoms with van der Waals surface area (Å²) < 4.78 is 20.5. The van der Waals surface area contributed by atoms with Crippen LogP contribution in [0.4, 0.5) is 15.0 Å². The number of hydrogen-bond acceptors (Lipinski definition) is 8. The van der Waals surface area contributed by atoms with E-state index in [1.807, 2.05) is 27.7 Å². The molecule has 0 bridgehead atoms. The fourth-order valence-corrected chi connectivity index (χ4v) is 7.71. The van der Waals surface area contributed by atoms with Crippen LogP contribution in [0.2, 0.25) is 0 Å². The van der Waals surface area contributed by atoms with E-state index in [4.69, 9.17) is 4.74 Å². The number of anilines is 1. The van der Waals surface area contributed by atoms with Crippen LogP contribution in [0.15, 0.2) is 24.5 Å². The first-order valence-electron chi connectivity index (χ1n) is 16.1. The van der Waals surface area contributed by atoms with Crippen molar-refractivity contribution < 1.29 is 18.7 Å². The molecule has 1 aliphatic carbocycles. The van der Waals surface area contributed by atoms with Crippen molar-refractivity contribution >= 4 is 17.8 Å². The topological polar surface area (TPSA) is 116 Å². The fraction of sp³-hybridized carbons (Fsp3) is 0.656. The molecule has 11 nitrogen and oxygen atoms in total. The number of carbonyl (C=O) groups excluding carboxylic acids is 2. The van der Waals surface area contributed by atoms with Crippen molar-refractivity contribution in [3.63, 3.8) is 0 Å². The molecule has 3 amide bonds. The van der Waals surface area contributed by atoms with E-state index >= 15 is 0 Å². The van der Waals surface area contributed by atoms with Crippen molar-refractivity contribution in [1.29, 1.82) is 0 Å². The van der Waals surface area contributed by atoms with Gasteiger partial charge >= 0.3 is 6.03 Å². The molecule has 1 aromatic carbocycles. The molecule has 3 saturated heterocycles. The molecule has 2 spiro atoms. The molecular weight excluding hydrogens is 563 g/mol. The molecule has 1 saturated carbocycles. The number of nitrogens with zero attached hydrogens (tertiary/aromatic N) is 6. The van der Waals surface area contributed by atoms with Gasteiger partial charge in [0, 0.05) is 43.7 Å². The summed E-state index contributed by atoms with van der Waals surface area (Å²) >= 11 is 0. The van der Waals surface area contributed by atoms with Gasteiger partial charge in [0.15, 0.2) is 5.82 Å². The summed E-state index contributed by atoms with van der Waals surface area (Å²) in [5.74, 6) is 0.916. The first-order chi connectivity index (χ1) is 21.1. The molecule has 4 heterocycles. The molecule has 238 valence electrons. The summed E-state index contributed by atoms with van der Waals surface area (Å²) in [5.41, 5.74) is 0.361. The molecule has 4 aliphatic rings. The molecule has 0 radical (unpaired) electrons. The van der Waals surface area contributed by atoms with Crippen molar-refractivity contribution in [2.75, 3.05) is 44.2 Å². The van der Waals surface area contributed by atoms with Crippen LogP contribution in [-0.4, -0.2) is 93.8 Å². The fourth-order valence-electron chi connectivity index (χ4n) is 7.71. The average Bonchev–Trinajstić information content (AvgIpc) is 3.34. The van der Waals surface area contributed by atoms with Crippen molar-refractivity contribution in [2.24, 2.45) is 11.3 Å². The van der Waals surface area contributed by atoms with Crippen LogP contribution in [0.1, 0.15) is 76.6 Å². The third-order valence-corrected chi connectivity index (χ3v) is 10.1. The highest BCUT2D eigenvalue weighted by atomic mass is 19.1. The molecular formula is C32H45FN8O3. The van der Waals surface area contributed by atoms with Gasteiger partial charge < -0.3 is 30.1 Å². The van der Waals surface area contributed by atoms with Gasteiger partial charge in [-0.15, -0.1) is 10.2 Å². The minimum Gasteiger partial charge on any atom is -0.434 e. The molecule has 6 rings (SSSR count). The monoisotopic (exact) mass is 608 g/mol. The second kappa shape index (κ2) is 12.1. The lowest BCUT2D eigenvalue weighted by atomic mass is 9.71. The molecule has 1 aromatic heterocycles. The lowest BCUT2D eigenvalue weighted by molar-refractivity contribution is 0.0587. The molecule has 44 heavy (non-hydrogen) atoms. The Labute approximate surface area is 258 Å². The summed E-state index contributed by atoms with van der Waals surface area (Å²) in [7, 11) is 0. The van der Waals surface area contributed by atoms with E-state index < -0.39 is 5.82 Å². The van der Waals surface area contributed by atoms with Gasteiger partial charge in [-0.25, -0.2) is 14.2 Å². The van der Waals surface area contributed by atoms with Crippen LogP contribution in [0.5, 0.6) is 11.6 Å². The van der Waals surface area contributed by atoms with E-state index in [-0.39, 0.29) is 52.2 Å². The molecule has 4 fully saturated rings. The van der Waals surface area contributed by atoms with Gasteiger partial charge in [0.1, 0.15) is 17.9 Å². The zero-order valence-corrected chi connectivity index (χ0v) is 26.3. The van der Waals surface area contributed by atoms with E-state index in [2.05, 4.69) is 35.6 Å². The normalized spacial score (nSPS) is 24.8. The summed E-state index contributed by atoms with van der Waals surface area (Å²) in [6.07, 6.45) is 8.11. The van der Waals surface area contributed by atoms with Gasteiger partial charge in [0.25, 0.3) is 11.8 Å². The highest BCUT2D eigenvalue weighted by Gasteiger charge is 2.47. The maximum absolute atomic E-state index is 14.3. The maximum Gasteiger partial charge on any atom is 0.315 e. The standard InChI is InChI=1S/C32H45FN8O3/c1-21(2)41(22(3)4)29(42)25-15-24(33)5-6-26(25)44-28-27(35-20-36-38-28)40-18-31(19-40)11-13-39(14-12-31)16-23-7-9-32(10-8-23)17-34-30(43)37-32/h5-6,15,20-23H,7-14,16-19H2,1-4H3,(H2,34,37,43). The second-order valence-electron chi connectivity index (χ2n) is 13.9. The first-order valence-corrected chi connectivity index (χ1v) is 16.1. The Morgan fingerprint density at radius 3 is 2.45 bits per heavy atom. The van der Waals surface area contributed by atoms with Crippen LogP contribution in [0.3, 0.4) is 0 Å². The van der Waals surface area contributed by atoms with E-state index in [0.717, 1.165) is 77.8 Å². The molecule has 0 atom stereocenters. The van der Waals surface area contributed by atoms with Gasteiger partial charge in [-0.1, -0.05) is 0 Å². The molecule has 0 unspecified atom stereocenters. The van der Waals surface area contributed by atoms with Gasteiger partial charge in [-0.2, -0.15) is 0 Å². The van der Waals surface area contributed by atoms with E-state index in [9.17, 15) is 14.0 Å². The van der Waals surface area contributed by atoms with Crippen molar-refractivity contribution in [3.8, 4) is 11.6 Å².